The first-order chi connectivity index (χ1) is 10.1. The quantitative estimate of drug-likeness (QED) is 0.498. The van der Waals surface area contributed by atoms with Crippen LogP contribution in [0.15, 0.2) is 23.3 Å². The maximum Gasteiger partial charge on any atom is 0.332 e. The van der Waals surface area contributed by atoms with E-state index in [-0.39, 0.29) is 5.69 Å². The second-order valence-electron chi connectivity index (χ2n) is 4.78. The van der Waals surface area contributed by atoms with Crippen LogP contribution in [0.25, 0.3) is 0 Å². The Morgan fingerprint density at radius 3 is 2.71 bits per heavy atom. The van der Waals surface area contributed by atoms with Gasteiger partial charge in [0.2, 0.25) is 0 Å². The predicted molar refractivity (Wildman–Crippen MR) is 79.5 cm³/mol. The molecule has 112 valence electrons. The van der Waals surface area contributed by atoms with Crippen LogP contribution in [0.3, 0.4) is 0 Å². The van der Waals surface area contributed by atoms with Gasteiger partial charge in [0, 0.05) is 36.5 Å². The second kappa shape index (κ2) is 6.69. The standard InChI is InChI=1S/C13H17N5O3/c14-13(19)16-15-9-10-8-11(18(20)21)4-5-12(10)17-6-2-1-3-7-17/h4-5,8-9H,1-3,6-7H2,(H3,14,16,19). The highest BCUT2D eigenvalue weighted by molar-refractivity contribution is 5.90. The summed E-state index contributed by atoms with van der Waals surface area (Å²) >= 11 is 0. The van der Waals surface area contributed by atoms with Crippen LogP contribution >= 0.6 is 0 Å². The van der Waals surface area contributed by atoms with E-state index < -0.39 is 11.0 Å². The highest BCUT2D eigenvalue weighted by atomic mass is 16.6. The summed E-state index contributed by atoms with van der Waals surface area (Å²) in [4.78, 5) is 23.2. The molecule has 0 unspecified atom stereocenters. The number of anilines is 1. The van der Waals surface area contributed by atoms with Gasteiger partial charge in [0.25, 0.3) is 5.69 Å². The van der Waals surface area contributed by atoms with E-state index in [4.69, 9.17) is 5.73 Å². The Hall–Kier alpha value is -2.64. The predicted octanol–water partition coefficient (Wildman–Crippen LogP) is 1.59. The van der Waals surface area contributed by atoms with Gasteiger partial charge in [-0.25, -0.2) is 10.2 Å². The summed E-state index contributed by atoms with van der Waals surface area (Å²) in [6, 6.07) is 3.85. The SMILES string of the molecule is NC(=O)NN=Cc1cc([N+](=O)[O-])ccc1N1CCCCC1. The molecular weight excluding hydrogens is 274 g/mol. The average molecular weight is 291 g/mol. The van der Waals surface area contributed by atoms with Gasteiger partial charge >= 0.3 is 6.03 Å². The molecule has 8 nitrogen and oxygen atoms in total. The Labute approximate surface area is 121 Å². The van der Waals surface area contributed by atoms with Crippen LogP contribution in [0.5, 0.6) is 0 Å². The van der Waals surface area contributed by atoms with Gasteiger partial charge in [0.1, 0.15) is 0 Å². The average Bonchev–Trinajstić information content (AvgIpc) is 2.47. The lowest BCUT2D eigenvalue weighted by atomic mass is 10.1. The first-order valence-corrected chi connectivity index (χ1v) is 6.70. The summed E-state index contributed by atoms with van der Waals surface area (Å²) in [5.41, 5.74) is 8.46. The molecule has 1 aliphatic heterocycles. The number of carbonyl (C=O) groups is 1. The summed E-state index contributed by atoms with van der Waals surface area (Å²) in [5, 5.41) is 14.6. The third-order valence-electron chi connectivity index (χ3n) is 3.30. The van der Waals surface area contributed by atoms with Gasteiger partial charge in [-0.2, -0.15) is 5.10 Å². The van der Waals surface area contributed by atoms with E-state index in [1.54, 1.807) is 6.07 Å². The van der Waals surface area contributed by atoms with Crippen LogP contribution < -0.4 is 16.1 Å². The van der Waals surface area contributed by atoms with E-state index in [2.05, 4.69) is 15.4 Å². The molecule has 8 heteroatoms. The molecule has 0 aliphatic carbocycles. The molecule has 1 fully saturated rings. The number of benzene rings is 1. The summed E-state index contributed by atoms with van der Waals surface area (Å²) in [6.45, 7) is 1.81. The monoisotopic (exact) mass is 291 g/mol. The molecule has 1 heterocycles. The number of nitrogens with one attached hydrogen (secondary N) is 1. The fourth-order valence-corrected chi connectivity index (χ4v) is 2.35. The van der Waals surface area contributed by atoms with Crippen molar-refractivity contribution in [3.8, 4) is 0 Å². The van der Waals surface area contributed by atoms with Crippen molar-refractivity contribution >= 4 is 23.6 Å². The largest absolute Gasteiger partial charge is 0.371 e. The van der Waals surface area contributed by atoms with E-state index in [1.165, 1.54) is 24.8 Å². The van der Waals surface area contributed by atoms with Crippen molar-refractivity contribution in [3.05, 3.63) is 33.9 Å². The van der Waals surface area contributed by atoms with Crippen molar-refractivity contribution < 1.29 is 9.72 Å². The third-order valence-corrected chi connectivity index (χ3v) is 3.30. The van der Waals surface area contributed by atoms with E-state index in [9.17, 15) is 14.9 Å². The number of urea groups is 1. The highest BCUT2D eigenvalue weighted by Gasteiger charge is 2.16. The molecule has 1 aromatic rings. The maximum atomic E-state index is 10.9. The summed E-state index contributed by atoms with van der Waals surface area (Å²) in [7, 11) is 0. The minimum Gasteiger partial charge on any atom is -0.371 e. The van der Waals surface area contributed by atoms with Crippen molar-refractivity contribution in [2.45, 2.75) is 19.3 Å². The fraction of sp³-hybridized carbons (Fsp3) is 0.385. The Morgan fingerprint density at radius 1 is 1.38 bits per heavy atom. The Morgan fingerprint density at radius 2 is 2.10 bits per heavy atom. The molecule has 1 aromatic carbocycles. The van der Waals surface area contributed by atoms with E-state index in [0.717, 1.165) is 31.6 Å². The molecule has 0 radical (unpaired) electrons. The zero-order valence-electron chi connectivity index (χ0n) is 11.5. The molecular formula is C13H17N5O3. The van der Waals surface area contributed by atoms with Crippen LogP contribution in [-0.2, 0) is 0 Å². The molecule has 0 spiro atoms. The number of nitro groups is 1. The van der Waals surface area contributed by atoms with Crippen molar-refractivity contribution in [1.82, 2.24) is 5.43 Å². The normalized spacial score (nSPS) is 15.1. The van der Waals surface area contributed by atoms with Gasteiger partial charge in [-0.1, -0.05) is 0 Å². The first kappa shape index (κ1) is 14.8. The minimum atomic E-state index is -0.781. The van der Waals surface area contributed by atoms with Crippen molar-refractivity contribution in [1.29, 1.82) is 0 Å². The second-order valence-corrected chi connectivity index (χ2v) is 4.78. The Kier molecular flexibility index (Phi) is 4.70. The lowest BCUT2D eigenvalue weighted by Crippen LogP contribution is -2.30. The zero-order valence-corrected chi connectivity index (χ0v) is 11.5. The lowest BCUT2D eigenvalue weighted by molar-refractivity contribution is -0.384. The van der Waals surface area contributed by atoms with Gasteiger partial charge < -0.3 is 10.6 Å². The van der Waals surface area contributed by atoms with E-state index in [0.29, 0.717) is 5.56 Å². The molecule has 0 saturated carbocycles. The summed E-state index contributed by atoms with van der Waals surface area (Å²) in [5.74, 6) is 0. The number of hydrazone groups is 1. The first-order valence-electron chi connectivity index (χ1n) is 6.70. The summed E-state index contributed by atoms with van der Waals surface area (Å²) < 4.78 is 0. The van der Waals surface area contributed by atoms with Crippen molar-refractivity contribution in [2.24, 2.45) is 10.8 Å². The van der Waals surface area contributed by atoms with Gasteiger partial charge in [0.05, 0.1) is 11.1 Å². The number of hydrogen-bond acceptors (Lipinski definition) is 5. The number of hydrogen-bond donors (Lipinski definition) is 2. The topological polar surface area (TPSA) is 114 Å². The molecule has 0 bridgehead atoms. The molecule has 1 aliphatic rings. The molecule has 0 atom stereocenters. The molecule has 0 aromatic heterocycles. The van der Waals surface area contributed by atoms with Crippen LogP contribution in [0.2, 0.25) is 0 Å². The number of nitro benzene ring substituents is 1. The molecule has 21 heavy (non-hydrogen) atoms. The molecule has 2 amide bonds. The molecule has 2 rings (SSSR count). The number of non-ortho nitro benzene ring substituents is 1. The van der Waals surface area contributed by atoms with Gasteiger partial charge in [-0.05, 0) is 25.3 Å². The van der Waals surface area contributed by atoms with Gasteiger partial charge in [-0.3, -0.25) is 10.1 Å². The third kappa shape index (κ3) is 3.91. The van der Waals surface area contributed by atoms with Crippen molar-refractivity contribution in [2.75, 3.05) is 18.0 Å². The Bertz CT molecular complexity index is 567. The van der Waals surface area contributed by atoms with Gasteiger partial charge in [0.15, 0.2) is 0 Å². The number of nitrogens with two attached hydrogens (primary N) is 1. The molecule has 3 N–H and O–H groups in total. The number of primary amides is 1. The number of rotatable bonds is 4. The maximum absolute atomic E-state index is 10.9. The Balaban J connectivity index is 2.30. The van der Waals surface area contributed by atoms with Crippen LogP contribution in [0.4, 0.5) is 16.2 Å². The molecule has 1 saturated heterocycles. The fourth-order valence-electron chi connectivity index (χ4n) is 2.35. The van der Waals surface area contributed by atoms with Crippen LogP contribution in [-0.4, -0.2) is 30.3 Å². The zero-order chi connectivity index (χ0) is 15.2. The van der Waals surface area contributed by atoms with Crippen LogP contribution in [0.1, 0.15) is 24.8 Å². The number of piperidine rings is 1. The number of carbonyl (C=O) groups excluding carboxylic acids is 1. The van der Waals surface area contributed by atoms with Gasteiger partial charge in [-0.15, -0.1) is 0 Å². The number of nitrogens with zero attached hydrogens (tertiary/aromatic N) is 3. The highest BCUT2D eigenvalue weighted by Crippen LogP contribution is 2.26. The smallest absolute Gasteiger partial charge is 0.332 e. The summed E-state index contributed by atoms with van der Waals surface area (Å²) in [6.07, 6.45) is 4.75. The van der Waals surface area contributed by atoms with E-state index in [1.807, 2.05) is 0 Å². The van der Waals surface area contributed by atoms with E-state index >= 15 is 0 Å². The van der Waals surface area contributed by atoms with Crippen LogP contribution in [0, 0.1) is 10.1 Å². The lowest BCUT2D eigenvalue weighted by Gasteiger charge is -2.29. The van der Waals surface area contributed by atoms with Crippen molar-refractivity contribution in [3.63, 3.8) is 0 Å². The minimum absolute atomic E-state index is 0.0173. The number of amides is 2.